The number of ether oxygens (including phenoxy) is 1. The fraction of sp³-hybridized carbons (Fsp3) is 0.350. The number of para-hydroxylation sites is 1. The van der Waals surface area contributed by atoms with Crippen LogP contribution in [0.3, 0.4) is 0 Å². The molecule has 1 aromatic carbocycles. The number of halogens is 3. The van der Waals surface area contributed by atoms with Crippen LogP contribution in [-0.4, -0.2) is 66.5 Å². The number of likely N-dealkylation sites (tertiary alicyclic amines) is 1. The van der Waals surface area contributed by atoms with Gasteiger partial charge in [-0.25, -0.2) is 0 Å². The minimum atomic E-state index is -4.99. The third-order valence-electron chi connectivity index (χ3n) is 4.71. The van der Waals surface area contributed by atoms with E-state index in [0.717, 1.165) is 4.90 Å². The number of carbonyl (C=O) groups is 3. The van der Waals surface area contributed by atoms with Crippen LogP contribution in [0.1, 0.15) is 11.8 Å². The number of furan rings is 1. The summed E-state index contributed by atoms with van der Waals surface area (Å²) >= 11 is 0. The normalized spacial score (nSPS) is 18.3. The standard InChI is InChI=1S/C20H20F3N3O5/c1-25(10-9-24-19(29)20(21,22)23)15(27)12-26-16(14-8-5-11-30-14)17(18(26)28)31-13-6-3-2-4-7-13/h2-8,11,16-17H,9-10,12H2,1H3,(H,24,29). The molecule has 0 radical (unpaired) electrons. The van der Waals surface area contributed by atoms with Gasteiger partial charge in [-0.2, -0.15) is 13.2 Å². The Hall–Kier alpha value is -3.50. The van der Waals surface area contributed by atoms with Gasteiger partial charge in [-0.3, -0.25) is 14.4 Å². The number of carbonyl (C=O) groups excluding carboxylic acids is 3. The summed E-state index contributed by atoms with van der Waals surface area (Å²) in [6.45, 7) is -0.851. The minimum Gasteiger partial charge on any atom is -0.478 e. The molecule has 1 aliphatic rings. The Morgan fingerprint density at radius 2 is 1.90 bits per heavy atom. The molecule has 2 atom stereocenters. The van der Waals surface area contributed by atoms with E-state index in [1.54, 1.807) is 47.8 Å². The van der Waals surface area contributed by atoms with Crippen LogP contribution in [0.5, 0.6) is 5.75 Å². The molecule has 11 heteroatoms. The summed E-state index contributed by atoms with van der Waals surface area (Å²) in [5.74, 6) is -2.08. The third kappa shape index (κ3) is 5.16. The zero-order valence-electron chi connectivity index (χ0n) is 16.5. The number of rotatable bonds is 8. The van der Waals surface area contributed by atoms with Gasteiger partial charge < -0.3 is 24.3 Å². The van der Waals surface area contributed by atoms with E-state index in [1.807, 2.05) is 0 Å². The second-order valence-electron chi connectivity index (χ2n) is 6.85. The van der Waals surface area contributed by atoms with Gasteiger partial charge in [-0.05, 0) is 24.3 Å². The lowest BCUT2D eigenvalue weighted by Crippen LogP contribution is -2.63. The fourth-order valence-electron chi connectivity index (χ4n) is 3.04. The predicted molar refractivity (Wildman–Crippen MR) is 101 cm³/mol. The van der Waals surface area contributed by atoms with Crippen LogP contribution in [0.25, 0.3) is 0 Å². The Kier molecular flexibility index (Phi) is 6.52. The first-order chi connectivity index (χ1) is 14.7. The molecule has 2 unspecified atom stereocenters. The first kappa shape index (κ1) is 22.2. The Balaban J connectivity index is 1.60. The molecule has 8 nitrogen and oxygen atoms in total. The average molecular weight is 439 g/mol. The van der Waals surface area contributed by atoms with Crippen molar-refractivity contribution in [2.24, 2.45) is 0 Å². The van der Waals surface area contributed by atoms with Crippen LogP contribution in [-0.2, 0) is 14.4 Å². The maximum Gasteiger partial charge on any atom is 0.471 e. The summed E-state index contributed by atoms with van der Waals surface area (Å²) in [6.07, 6.45) is -4.43. The number of likely N-dealkylation sites (N-methyl/N-ethyl adjacent to an activating group) is 1. The van der Waals surface area contributed by atoms with Gasteiger partial charge >= 0.3 is 12.1 Å². The lowest BCUT2D eigenvalue weighted by Gasteiger charge is -2.45. The molecule has 1 aliphatic heterocycles. The van der Waals surface area contributed by atoms with Crippen molar-refractivity contribution in [3.63, 3.8) is 0 Å². The van der Waals surface area contributed by atoms with Crippen LogP contribution in [0.15, 0.2) is 53.1 Å². The Morgan fingerprint density at radius 3 is 2.52 bits per heavy atom. The quantitative estimate of drug-likeness (QED) is 0.633. The van der Waals surface area contributed by atoms with Crippen molar-refractivity contribution in [3.8, 4) is 5.75 Å². The van der Waals surface area contributed by atoms with Crippen LogP contribution >= 0.6 is 0 Å². The van der Waals surface area contributed by atoms with E-state index in [9.17, 15) is 27.6 Å². The van der Waals surface area contributed by atoms with Gasteiger partial charge in [0.25, 0.3) is 5.91 Å². The maximum absolute atomic E-state index is 12.7. The molecule has 1 saturated heterocycles. The molecular formula is C20H20F3N3O5. The van der Waals surface area contributed by atoms with E-state index < -0.39 is 36.0 Å². The number of alkyl halides is 3. The van der Waals surface area contributed by atoms with Gasteiger partial charge in [0.05, 0.1) is 6.26 Å². The number of benzene rings is 1. The van der Waals surface area contributed by atoms with Crippen LogP contribution in [0, 0.1) is 0 Å². The Labute approximate surface area is 175 Å². The zero-order chi connectivity index (χ0) is 22.6. The van der Waals surface area contributed by atoms with Crippen molar-refractivity contribution in [2.75, 3.05) is 26.7 Å². The highest BCUT2D eigenvalue weighted by Gasteiger charge is 2.52. The second kappa shape index (κ2) is 9.11. The van der Waals surface area contributed by atoms with Crippen LogP contribution < -0.4 is 10.1 Å². The van der Waals surface area contributed by atoms with Crippen molar-refractivity contribution in [2.45, 2.75) is 18.3 Å². The summed E-state index contributed by atoms with van der Waals surface area (Å²) in [6, 6.07) is 11.4. The Bertz CT molecular complexity index is 918. The van der Waals surface area contributed by atoms with E-state index in [2.05, 4.69) is 0 Å². The highest BCUT2D eigenvalue weighted by molar-refractivity contribution is 5.93. The van der Waals surface area contributed by atoms with Crippen molar-refractivity contribution in [1.82, 2.24) is 15.1 Å². The maximum atomic E-state index is 12.7. The van der Waals surface area contributed by atoms with Crippen molar-refractivity contribution in [3.05, 3.63) is 54.5 Å². The topological polar surface area (TPSA) is 92.1 Å². The fourth-order valence-corrected chi connectivity index (χ4v) is 3.04. The molecule has 0 spiro atoms. The summed E-state index contributed by atoms with van der Waals surface area (Å²) in [7, 11) is 1.37. The molecule has 0 aliphatic carbocycles. The van der Waals surface area contributed by atoms with Crippen molar-refractivity contribution in [1.29, 1.82) is 0 Å². The van der Waals surface area contributed by atoms with Crippen LogP contribution in [0.4, 0.5) is 13.2 Å². The summed E-state index contributed by atoms with van der Waals surface area (Å²) in [5.41, 5.74) is 0. The minimum absolute atomic E-state index is 0.155. The first-order valence-electron chi connectivity index (χ1n) is 9.33. The average Bonchev–Trinajstić information content (AvgIpc) is 3.26. The molecule has 0 bridgehead atoms. The van der Waals surface area contributed by atoms with Gasteiger partial charge in [0.2, 0.25) is 12.0 Å². The molecule has 0 saturated carbocycles. The number of nitrogens with zero attached hydrogens (tertiary/aromatic N) is 2. The lowest BCUT2D eigenvalue weighted by molar-refractivity contribution is -0.173. The van der Waals surface area contributed by atoms with E-state index >= 15 is 0 Å². The molecule has 3 amide bonds. The van der Waals surface area contributed by atoms with E-state index in [1.165, 1.54) is 18.2 Å². The van der Waals surface area contributed by atoms with Gasteiger partial charge in [-0.1, -0.05) is 18.2 Å². The van der Waals surface area contributed by atoms with Gasteiger partial charge in [0.1, 0.15) is 24.1 Å². The molecule has 1 aromatic heterocycles. The van der Waals surface area contributed by atoms with Crippen LogP contribution in [0.2, 0.25) is 0 Å². The predicted octanol–water partition coefficient (Wildman–Crippen LogP) is 1.75. The van der Waals surface area contributed by atoms with Gasteiger partial charge in [-0.15, -0.1) is 0 Å². The number of nitrogens with one attached hydrogen (secondary N) is 1. The van der Waals surface area contributed by atoms with E-state index in [0.29, 0.717) is 11.5 Å². The monoisotopic (exact) mass is 439 g/mol. The van der Waals surface area contributed by atoms with E-state index in [4.69, 9.17) is 9.15 Å². The molecule has 166 valence electrons. The Morgan fingerprint density at radius 1 is 1.19 bits per heavy atom. The number of amides is 3. The molecule has 2 aromatic rings. The molecule has 2 heterocycles. The zero-order valence-corrected chi connectivity index (χ0v) is 16.5. The molecule has 1 N–H and O–H groups in total. The first-order valence-corrected chi connectivity index (χ1v) is 9.33. The number of β-lactam (4-membered cyclic amide) rings is 1. The molecule has 3 rings (SSSR count). The number of hydrogen-bond donors (Lipinski definition) is 1. The second-order valence-corrected chi connectivity index (χ2v) is 6.85. The number of hydrogen-bond acceptors (Lipinski definition) is 5. The molecular weight excluding hydrogens is 419 g/mol. The molecule has 31 heavy (non-hydrogen) atoms. The highest BCUT2D eigenvalue weighted by Crippen LogP contribution is 2.37. The highest BCUT2D eigenvalue weighted by atomic mass is 19.4. The summed E-state index contributed by atoms with van der Waals surface area (Å²) in [5, 5.41) is 1.69. The van der Waals surface area contributed by atoms with Gasteiger partial charge in [0, 0.05) is 20.1 Å². The molecule has 1 fully saturated rings. The lowest BCUT2D eigenvalue weighted by atomic mass is 9.95. The smallest absolute Gasteiger partial charge is 0.471 e. The largest absolute Gasteiger partial charge is 0.478 e. The van der Waals surface area contributed by atoms with Gasteiger partial charge in [0.15, 0.2) is 0 Å². The van der Waals surface area contributed by atoms with Crippen molar-refractivity contribution < 1.29 is 36.7 Å². The third-order valence-corrected chi connectivity index (χ3v) is 4.71. The van der Waals surface area contributed by atoms with Crippen molar-refractivity contribution >= 4 is 17.7 Å². The summed E-state index contributed by atoms with van der Waals surface area (Å²) in [4.78, 5) is 38.4. The van der Waals surface area contributed by atoms with E-state index in [-0.39, 0.29) is 19.6 Å². The SMILES string of the molecule is CN(CCNC(=O)C(F)(F)F)C(=O)CN1C(=O)C(Oc2ccccc2)C1c1ccco1. The summed E-state index contributed by atoms with van der Waals surface area (Å²) < 4.78 is 47.8.